The standard InChI is InChI=1S/C19H29N3O2/c23-19(20-9-5-10-21-12-14-24-15-13-21)18-8-4-11-22(18)16-17-6-2-1-3-7-17/h1-3,6-7,18H,4-5,8-16H2,(H,20,23). The number of ether oxygens (including phenoxy) is 1. The molecule has 0 saturated carbocycles. The minimum absolute atomic E-state index is 0.0357. The average Bonchev–Trinajstić information content (AvgIpc) is 3.08. The van der Waals surface area contributed by atoms with Gasteiger partial charge >= 0.3 is 0 Å². The molecule has 3 rings (SSSR count). The molecule has 0 bridgehead atoms. The fraction of sp³-hybridized carbons (Fsp3) is 0.632. The van der Waals surface area contributed by atoms with Gasteiger partial charge in [-0.05, 0) is 37.9 Å². The first-order chi connectivity index (χ1) is 11.8. The molecule has 1 N–H and O–H groups in total. The van der Waals surface area contributed by atoms with Gasteiger partial charge in [0.15, 0.2) is 0 Å². The highest BCUT2D eigenvalue weighted by Crippen LogP contribution is 2.20. The maximum absolute atomic E-state index is 12.5. The van der Waals surface area contributed by atoms with Gasteiger partial charge in [-0.1, -0.05) is 30.3 Å². The van der Waals surface area contributed by atoms with Gasteiger partial charge in [0.05, 0.1) is 19.3 Å². The Kier molecular flexibility index (Phi) is 6.64. The summed E-state index contributed by atoms with van der Waals surface area (Å²) in [6, 6.07) is 10.5. The summed E-state index contributed by atoms with van der Waals surface area (Å²) in [7, 11) is 0. The van der Waals surface area contributed by atoms with Crippen LogP contribution in [0.5, 0.6) is 0 Å². The Hall–Kier alpha value is -1.43. The molecular weight excluding hydrogens is 302 g/mol. The van der Waals surface area contributed by atoms with E-state index >= 15 is 0 Å². The molecule has 0 radical (unpaired) electrons. The molecule has 0 aliphatic carbocycles. The van der Waals surface area contributed by atoms with E-state index < -0.39 is 0 Å². The van der Waals surface area contributed by atoms with E-state index in [1.165, 1.54) is 5.56 Å². The number of rotatable bonds is 7. The Labute approximate surface area is 145 Å². The highest BCUT2D eigenvalue weighted by atomic mass is 16.5. The molecule has 2 saturated heterocycles. The van der Waals surface area contributed by atoms with E-state index in [1.54, 1.807) is 0 Å². The smallest absolute Gasteiger partial charge is 0.237 e. The maximum atomic E-state index is 12.5. The fourth-order valence-corrected chi connectivity index (χ4v) is 3.59. The first-order valence-corrected chi connectivity index (χ1v) is 9.19. The van der Waals surface area contributed by atoms with Crippen molar-refractivity contribution in [3.63, 3.8) is 0 Å². The van der Waals surface area contributed by atoms with Crippen LogP contribution in [-0.2, 0) is 16.1 Å². The Bertz CT molecular complexity index is 503. The summed E-state index contributed by atoms with van der Waals surface area (Å²) >= 11 is 0. The van der Waals surface area contributed by atoms with Crippen molar-refractivity contribution in [3.05, 3.63) is 35.9 Å². The van der Waals surface area contributed by atoms with Crippen molar-refractivity contribution in [3.8, 4) is 0 Å². The lowest BCUT2D eigenvalue weighted by atomic mass is 10.1. The number of likely N-dealkylation sites (tertiary alicyclic amines) is 1. The van der Waals surface area contributed by atoms with Crippen LogP contribution in [0.4, 0.5) is 0 Å². The van der Waals surface area contributed by atoms with Crippen LogP contribution in [0.3, 0.4) is 0 Å². The number of hydrogen-bond donors (Lipinski definition) is 1. The third-order valence-electron chi connectivity index (χ3n) is 4.95. The Morgan fingerprint density at radius 1 is 1.17 bits per heavy atom. The van der Waals surface area contributed by atoms with Crippen molar-refractivity contribution >= 4 is 5.91 Å². The van der Waals surface area contributed by atoms with Crippen LogP contribution in [0.25, 0.3) is 0 Å². The minimum atomic E-state index is 0.0357. The van der Waals surface area contributed by atoms with Crippen molar-refractivity contribution in [2.24, 2.45) is 0 Å². The number of carbonyl (C=O) groups is 1. The number of carbonyl (C=O) groups excluding carboxylic acids is 1. The molecule has 132 valence electrons. The zero-order chi connectivity index (χ0) is 16.6. The van der Waals surface area contributed by atoms with Crippen LogP contribution < -0.4 is 5.32 Å². The molecule has 2 aliphatic heterocycles. The Morgan fingerprint density at radius 3 is 2.75 bits per heavy atom. The van der Waals surface area contributed by atoms with Crippen molar-refractivity contribution < 1.29 is 9.53 Å². The Morgan fingerprint density at radius 2 is 1.96 bits per heavy atom. The van der Waals surface area contributed by atoms with Crippen LogP contribution in [0.1, 0.15) is 24.8 Å². The van der Waals surface area contributed by atoms with Gasteiger partial charge in [-0.3, -0.25) is 14.6 Å². The van der Waals surface area contributed by atoms with Crippen molar-refractivity contribution in [2.45, 2.75) is 31.8 Å². The van der Waals surface area contributed by atoms with Gasteiger partial charge in [0.2, 0.25) is 5.91 Å². The molecule has 5 heteroatoms. The predicted molar refractivity (Wildman–Crippen MR) is 94.8 cm³/mol. The first-order valence-electron chi connectivity index (χ1n) is 9.19. The van der Waals surface area contributed by atoms with E-state index in [9.17, 15) is 4.79 Å². The summed E-state index contributed by atoms with van der Waals surface area (Å²) in [5, 5.41) is 3.14. The first kappa shape index (κ1) is 17.4. The second-order valence-electron chi connectivity index (χ2n) is 6.71. The molecule has 1 aromatic rings. The van der Waals surface area contributed by atoms with Crippen LogP contribution >= 0.6 is 0 Å². The fourth-order valence-electron chi connectivity index (χ4n) is 3.59. The zero-order valence-corrected chi connectivity index (χ0v) is 14.5. The average molecular weight is 331 g/mol. The molecular formula is C19H29N3O2. The van der Waals surface area contributed by atoms with Crippen molar-refractivity contribution in [2.75, 3.05) is 45.9 Å². The number of nitrogens with one attached hydrogen (secondary N) is 1. The quantitative estimate of drug-likeness (QED) is 0.769. The second kappa shape index (κ2) is 9.16. The van der Waals surface area contributed by atoms with E-state index in [0.717, 1.165) is 71.7 Å². The molecule has 2 heterocycles. The third kappa shape index (κ3) is 5.03. The lowest BCUT2D eigenvalue weighted by Crippen LogP contribution is -2.44. The lowest BCUT2D eigenvalue weighted by molar-refractivity contribution is -0.125. The minimum Gasteiger partial charge on any atom is -0.379 e. The number of nitrogens with zero attached hydrogens (tertiary/aromatic N) is 2. The molecule has 1 unspecified atom stereocenters. The summed E-state index contributed by atoms with van der Waals surface area (Å²) < 4.78 is 5.36. The van der Waals surface area contributed by atoms with E-state index in [0.29, 0.717) is 0 Å². The molecule has 1 atom stereocenters. The van der Waals surface area contributed by atoms with E-state index in [-0.39, 0.29) is 11.9 Å². The van der Waals surface area contributed by atoms with Crippen molar-refractivity contribution in [1.82, 2.24) is 15.1 Å². The molecule has 1 amide bonds. The normalized spacial score (nSPS) is 22.6. The highest BCUT2D eigenvalue weighted by Gasteiger charge is 2.30. The largest absolute Gasteiger partial charge is 0.379 e. The Balaban J connectivity index is 1.38. The summed E-state index contributed by atoms with van der Waals surface area (Å²) in [6.45, 7) is 7.40. The van der Waals surface area contributed by atoms with Crippen LogP contribution in [0.15, 0.2) is 30.3 Å². The topological polar surface area (TPSA) is 44.8 Å². The van der Waals surface area contributed by atoms with Crippen molar-refractivity contribution in [1.29, 1.82) is 0 Å². The molecule has 2 aliphatic rings. The van der Waals surface area contributed by atoms with Gasteiger partial charge in [0.1, 0.15) is 0 Å². The van der Waals surface area contributed by atoms with E-state index in [2.05, 4.69) is 39.4 Å². The van der Waals surface area contributed by atoms with Gasteiger partial charge < -0.3 is 10.1 Å². The van der Waals surface area contributed by atoms with Gasteiger partial charge in [-0.15, -0.1) is 0 Å². The maximum Gasteiger partial charge on any atom is 0.237 e. The van der Waals surface area contributed by atoms with Gasteiger partial charge in [0.25, 0.3) is 0 Å². The number of benzene rings is 1. The molecule has 1 aromatic carbocycles. The second-order valence-corrected chi connectivity index (χ2v) is 6.71. The molecule has 24 heavy (non-hydrogen) atoms. The summed E-state index contributed by atoms with van der Waals surface area (Å²) in [5.41, 5.74) is 1.28. The highest BCUT2D eigenvalue weighted by molar-refractivity contribution is 5.82. The monoisotopic (exact) mass is 331 g/mol. The van der Waals surface area contributed by atoms with Gasteiger partial charge in [0, 0.05) is 26.2 Å². The van der Waals surface area contributed by atoms with Gasteiger partial charge in [-0.2, -0.15) is 0 Å². The number of amides is 1. The van der Waals surface area contributed by atoms with E-state index in [1.807, 2.05) is 6.07 Å². The molecule has 0 aromatic heterocycles. The predicted octanol–water partition coefficient (Wildman–Crippen LogP) is 1.49. The molecule has 2 fully saturated rings. The third-order valence-corrected chi connectivity index (χ3v) is 4.95. The number of hydrogen-bond acceptors (Lipinski definition) is 4. The zero-order valence-electron chi connectivity index (χ0n) is 14.5. The number of morpholine rings is 1. The summed E-state index contributed by atoms with van der Waals surface area (Å²) in [6.07, 6.45) is 3.10. The van der Waals surface area contributed by atoms with Crippen LogP contribution in [0, 0.1) is 0 Å². The van der Waals surface area contributed by atoms with Crippen LogP contribution in [-0.4, -0.2) is 67.7 Å². The van der Waals surface area contributed by atoms with E-state index in [4.69, 9.17) is 4.74 Å². The molecule has 0 spiro atoms. The molecule has 5 nitrogen and oxygen atoms in total. The summed E-state index contributed by atoms with van der Waals surface area (Å²) in [5.74, 6) is 0.199. The van der Waals surface area contributed by atoms with Crippen LogP contribution in [0.2, 0.25) is 0 Å². The van der Waals surface area contributed by atoms with Gasteiger partial charge in [-0.25, -0.2) is 0 Å². The SMILES string of the molecule is O=C(NCCCN1CCOCC1)C1CCCN1Cc1ccccc1. The summed E-state index contributed by atoms with van der Waals surface area (Å²) in [4.78, 5) is 17.2. The lowest BCUT2D eigenvalue weighted by Gasteiger charge is -2.27.